The minimum atomic E-state index is -0.364. The normalized spacial score (nSPS) is 15.9. The van der Waals surface area contributed by atoms with Crippen LogP contribution in [0.5, 0.6) is 0 Å². The summed E-state index contributed by atoms with van der Waals surface area (Å²) in [5.41, 5.74) is 0.468. The number of amides is 1. The van der Waals surface area contributed by atoms with Gasteiger partial charge in [0.1, 0.15) is 5.82 Å². The Morgan fingerprint density at radius 2 is 2.27 bits per heavy atom. The zero-order valence-electron chi connectivity index (χ0n) is 7.89. The summed E-state index contributed by atoms with van der Waals surface area (Å²) in [5, 5.41) is 5.89. The van der Waals surface area contributed by atoms with Gasteiger partial charge in [-0.2, -0.15) is 0 Å². The van der Waals surface area contributed by atoms with E-state index in [2.05, 4.69) is 26.6 Å². The van der Waals surface area contributed by atoms with Crippen molar-refractivity contribution in [3.8, 4) is 0 Å². The van der Waals surface area contributed by atoms with Crippen molar-refractivity contribution in [3.05, 3.63) is 34.1 Å². The molecule has 0 radical (unpaired) electrons. The summed E-state index contributed by atoms with van der Waals surface area (Å²) < 4.78 is 13.2. The summed E-state index contributed by atoms with van der Waals surface area (Å²) in [6.45, 7) is 1.60. The first-order chi connectivity index (χ1) is 7.16. The Labute approximate surface area is 95.2 Å². The molecule has 1 fully saturated rings. The maximum Gasteiger partial charge on any atom is 0.251 e. The number of nitrogens with one attached hydrogen (secondary N) is 2. The molecule has 5 heteroatoms. The number of carbonyl (C=O) groups is 1. The molecule has 0 bridgehead atoms. The highest BCUT2D eigenvalue weighted by Gasteiger charge is 2.19. The zero-order valence-corrected chi connectivity index (χ0v) is 9.47. The molecule has 15 heavy (non-hydrogen) atoms. The van der Waals surface area contributed by atoms with E-state index < -0.39 is 0 Å². The van der Waals surface area contributed by atoms with Gasteiger partial charge >= 0.3 is 0 Å². The highest BCUT2D eigenvalue weighted by atomic mass is 79.9. The van der Waals surface area contributed by atoms with Crippen LogP contribution in [0.2, 0.25) is 0 Å². The van der Waals surface area contributed by atoms with Gasteiger partial charge < -0.3 is 10.6 Å². The summed E-state index contributed by atoms with van der Waals surface area (Å²) in [4.78, 5) is 11.6. The maximum atomic E-state index is 12.9. The van der Waals surface area contributed by atoms with E-state index in [0.717, 1.165) is 13.1 Å². The average Bonchev–Trinajstić information content (AvgIpc) is 2.15. The monoisotopic (exact) mass is 272 g/mol. The molecule has 1 aliphatic rings. The van der Waals surface area contributed by atoms with Crippen LogP contribution >= 0.6 is 15.9 Å². The van der Waals surface area contributed by atoms with Crippen LogP contribution in [0.25, 0.3) is 0 Å². The van der Waals surface area contributed by atoms with Crippen LogP contribution in [-0.2, 0) is 0 Å². The van der Waals surface area contributed by atoms with Crippen LogP contribution in [0.3, 0.4) is 0 Å². The molecule has 1 aliphatic heterocycles. The number of rotatable bonds is 2. The highest BCUT2D eigenvalue weighted by Crippen LogP contribution is 2.16. The van der Waals surface area contributed by atoms with Crippen molar-refractivity contribution in [1.29, 1.82) is 0 Å². The van der Waals surface area contributed by atoms with E-state index in [9.17, 15) is 9.18 Å². The molecule has 80 valence electrons. The Kier molecular flexibility index (Phi) is 3.02. The van der Waals surface area contributed by atoms with Crippen LogP contribution in [-0.4, -0.2) is 25.0 Å². The van der Waals surface area contributed by atoms with Crippen molar-refractivity contribution in [2.24, 2.45) is 0 Å². The van der Waals surface area contributed by atoms with Gasteiger partial charge in [0.05, 0.1) is 10.5 Å². The lowest BCUT2D eigenvalue weighted by molar-refractivity contribution is 0.0924. The summed E-state index contributed by atoms with van der Waals surface area (Å²) >= 11 is 3.04. The van der Waals surface area contributed by atoms with Crippen molar-refractivity contribution < 1.29 is 9.18 Å². The highest BCUT2D eigenvalue weighted by molar-refractivity contribution is 9.10. The van der Waals surface area contributed by atoms with Crippen LogP contribution < -0.4 is 10.6 Å². The fourth-order valence-corrected chi connectivity index (χ4v) is 1.68. The summed E-state index contributed by atoms with van der Waals surface area (Å²) in [6.07, 6.45) is 0. The second kappa shape index (κ2) is 4.28. The first-order valence-electron chi connectivity index (χ1n) is 4.63. The molecule has 1 aromatic rings. The molecule has 1 heterocycles. The number of hydrogen-bond donors (Lipinski definition) is 2. The van der Waals surface area contributed by atoms with Gasteiger partial charge in [-0.05, 0) is 34.1 Å². The molecule has 1 aromatic carbocycles. The smallest absolute Gasteiger partial charge is 0.251 e. The van der Waals surface area contributed by atoms with Gasteiger partial charge in [0.15, 0.2) is 0 Å². The predicted molar refractivity (Wildman–Crippen MR) is 58.2 cm³/mol. The van der Waals surface area contributed by atoms with E-state index in [-0.39, 0.29) is 17.8 Å². The Bertz CT molecular complexity index is 393. The second-order valence-corrected chi connectivity index (χ2v) is 4.31. The minimum Gasteiger partial charge on any atom is -0.347 e. The first-order valence-corrected chi connectivity index (χ1v) is 5.43. The van der Waals surface area contributed by atoms with Gasteiger partial charge in [0, 0.05) is 18.7 Å². The molecule has 1 saturated heterocycles. The van der Waals surface area contributed by atoms with Gasteiger partial charge in [-0.25, -0.2) is 4.39 Å². The minimum absolute atomic E-state index is 0.165. The van der Waals surface area contributed by atoms with Crippen molar-refractivity contribution in [2.75, 3.05) is 13.1 Å². The van der Waals surface area contributed by atoms with Gasteiger partial charge in [0.2, 0.25) is 0 Å². The standard InChI is InChI=1S/C10H10BrFN2O/c11-8-3-6(1-2-9(8)12)10(15)14-7-4-13-5-7/h1-3,7,13H,4-5H2,(H,14,15). The third-order valence-electron chi connectivity index (χ3n) is 2.30. The molecule has 0 atom stereocenters. The van der Waals surface area contributed by atoms with Crippen molar-refractivity contribution in [2.45, 2.75) is 6.04 Å². The van der Waals surface area contributed by atoms with Gasteiger partial charge in [-0.15, -0.1) is 0 Å². The molecule has 0 unspecified atom stereocenters. The van der Waals surface area contributed by atoms with Crippen molar-refractivity contribution in [1.82, 2.24) is 10.6 Å². The lowest BCUT2D eigenvalue weighted by Gasteiger charge is -2.27. The topological polar surface area (TPSA) is 41.1 Å². The van der Waals surface area contributed by atoms with E-state index in [1.807, 2.05) is 0 Å². The lowest BCUT2D eigenvalue weighted by atomic mass is 10.1. The number of carbonyl (C=O) groups excluding carboxylic acids is 1. The van der Waals surface area contributed by atoms with Crippen LogP contribution in [0.4, 0.5) is 4.39 Å². The molecule has 0 spiro atoms. The Morgan fingerprint density at radius 3 is 2.80 bits per heavy atom. The predicted octanol–water partition coefficient (Wildman–Crippen LogP) is 1.29. The summed E-state index contributed by atoms with van der Waals surface area (Å²) in [5.74, 6) is -0.529. The number of hydrogen-bond acceptors (Lipinski definition) is 2. The number of benzene rings is 1. The van der Waals surface area contributed by atoms with E-state index in [1.54, 1.807) is 0 Å². The largest absolute Gasteiger partial charge is 0.347 e. The van der Waals surface area contributed by atoms with E-state index in [4.69, 9.17) is 0 Å². The molecule has 0 aliphatic carbocycles. The van der Waals surface area contributed by atoms with Gasteiger partial charge in [-0.3, -0.25) is 4.79 Å². The quantitative estimate of drug-likeness (QED) is 0.852. The third-order valence-corrected chi connectivity index (χ3v) is 2.91. The van der Waals surface area contributed by atoms with Crippen LogP contribution in [0, 0.1) is 5.82 Å². The molecule has 2 N–H and O–H groups in total. The molecule has 0 saturated carbocycles. The van der Waals surface area contributed by atoms with Gasteiger partial charge in [-0.1, -0.05) is 0 Å². The maximum absolute atomic E-state index is 12.9. The summed E-state index contributed by atoms with van der Waals surface area (Å²) in [7, 11) is 0. The van der Waals surface area contributed by atoms with Crippen molar-refractivity contribution in [3.63, 3.8) is 0 Å². The fourth-order valence-electron chi connectivity index (χ4n) is 1.30. The molecule has 3 nitrogen and oxygen atoms in total. The van der Waals surface area contributed by atoms with Crippen molar-refractivity contribution >= 4 is 21.8 Å². The molecular formula is C10H10BrFN2O. The lowest BCUT2D eigenvalue weighted by Crippen LogP contribution is -2.56. The SMILES string of the molecule is O=C(NC1CNC1)c1ccc(F)c(Br)c1. The Balaban J connectivity index is 2.07. The fraction of sp³-hybridized carbons (Fsp3) is 0.300. The molecule has 0 aromatic heterocycles. The zero-order chi connectivity index (χ0) is 10.8. The summed E-state index contributed by atoms with van der Waals surface area (Å²) in [6, 6.07) is 4.43. The van der Waals surface area contributed by atoms with E-state index in [1.165, 1.54) is 18.2 Å². The molecular weight excluding hydrogens is 263 g/mol. The van der Waals surface area contributed by atoms with Crippen LogP contribution in [0.15, 0.2) is 22.7 Å². The van der Waals surface area contributed by atoms with Crippen LogP contribution in [0.1, 0.15) is 10.4 Å². The van der Waals surface area contributed by atoms with Gasteiger partial charge in [0.25, 0.3) is 5.91 Å². The molecule has 1 amide bonds. The number of halogens is 2. The molecule has 2 rings (SSSR count). The Hall–Kier alpha value is -0.940. The average molecular weight is 273 g/mol. The first kappa shape index (κ1) is 10.6. The van der Waals surface area contributed by atoms with E-state index >= 15 is 0 Å². The second-order valence-electron chi connectivity index (χ2n) is 3.46. The van der Waals surface area contributed by atoms with E-state index in [0.29, 0.717) is 10.0 Å². The Morgan fingerprint density at radius 1 is 1.53 bits per heavy atom. The third kappa shape index (κ3) is 2.35.